The lowest BCUT2D eigenvalue weighted by Crippen LogP contribution is -2.22. The van der Waals surface area contributed by atoms with Crippen LogP contribution in [0.25, 0.3) is 0 Å². The van der Waals surface area contributed by atoms with Crippen LogP contribution < -0.4 is 15.8 Å². The lowest BCUT2D eigenvalue weighted by molar-refractivity contribution is -0.119. The molecule has 25 heavy (non-hydrogen) atoms. The average Bonchev–Trinajstić information content (AvgIpc) is 2.73. The van der Waals surface area contributed by atoms with Gasteiger partial charge >= 0.3 is 0 Å². The van der Waals surface area contributed by atoms with E-state index in [0.29, 0.717) is 23.5 Å². The predicted octanol–water partition coefficient (Wildman–Crippen LogP) is 3.29. The second-order valence-electron chi connectivity index (χ2n) is 5.82. The molecule has 1 amide bonds. The Morgan fingerprint density at radius 2 is 2.00 bits per heavy atom. The van der Waals surface area contributed by atoms with Crippen LogP contribution >= 0.6 is 24.8 Å². The van der Waals surface area contributed by atoms with E-state index in [9.17, 15) is 4.79 Å². The van der Waals surface area contributed by atoms with Gasteiger partial charge in [-0.15, -0.1) is 24.8 Å². The molecule has 1 aromatic carbocycles. The fourth-order valence-electron chi connectivity index (χ4n) is 2.59. The number of nitrogen functional groups attached to an aromatic ring is 1. The quantitative estimate of drug-likeness (QED) is 0.769. The minimum Gasteiger partial charge on any atom is -0.495 e. The molecule has 0 fully saturated rings. The highest BCUT2D eigenvalue weighted by atomic mass is 35.5. The molecule has 0 aliphatic heterocycles. The van der Waals surface area contributed by atoms with Gasteiger partial charge in [-0.1, -0.05) is 6.92 Å². The highest BCUT2D eigenvalue weighted by molar-refractivity contribution is 5.93. The lowest BCUT2D eigenvalue weighted by atomic mass is 9.99. The molecule has 1 atom stereocenters. The first-order valence-corrected chi connectivity index (χ1v) is 7.57. The van der Waals surface area contributed by atoms with E-state index in [2.05, 4.69) is 10.4 Å². The van der Waals surface area contributed by atoms with Crippen LogP contribution in [0.2, 0.25) is 0 Å². The molecule has 8 heteroatoms. The Balaban J connectivity index is 0.00000288. The van der Waals surface area contributed by atoms with E-state index in [0.717, 1.165) is 17.0 Å². The zero-order valence-corrected chi connectivity index (χ0v) is 16.8. The number of hydrogen-bond donors (Lipinski definition) is 2. The first-order chi connectivity index (χ1) is 10.8. The molecule has 0 aliphatic carbocycles. The molecule has 0 spiro atoms. The van der Waals surface area contributed by atoms with Crippen molar-refractivity contribution in [3.63, 3.8) is 0 Å². The summed E-state index contributed by atoms with van der Waals surface area (Å²) in [6, 6.07) is 5.22. The van der Waals surface area contributed by atoms with Crippen LogP contribution in [-0.4, -0.2) is 22.8 Å². The van der Waals surface area contributed by atoms with Gasteiger partial charge < -0.3 is 15.8 Å². The SMILES string of the molecule is COc1ccc(NC(=O)C(C)Cc2c(C)nn(C)c2C)cc1N.Cl.Cl. The largest absolute Gasteiger partial charge is 0.495 e. The number of carbonyl (C=O) groups excluding carboxylic acids is 1. The summed E-state index contributed by atoms with van der Waals surface area (Å²) in [7, 11) is 3.47. The number of rotatable bonds is 5. The lowest BCUT2D eigenvalue weighted by Gasteiger charge is -2.14. The molecule has 0 bridgehead atoms. The number of nitrogens with one attached hydrogen (secondary N) is 1. The molecular formula is C17H26Cl2N4O2. The van der Waals surface area contributed by atoms with Gasteiger partial charge in [-0.25, -0.2) is 0 Å². The molecule has 2 rings (SSSR count). The monoisotopic (exact) mass is 388 g/mol. The number of benzene rings is 1. The topological polar surface area (TPSA) is 82.2 Å². The second-order valence-corrected chi connectivity index (χ2v) is 5.82. The summed E-state index contributed by atoms with van der Waals surface area (Å²) in [4.78, 5) is 12.4. The van der Waals surface area contributed by atoms with Crippen molar-refractivity contribution >= 4 is 42.1 Å². The molecule has 0 radical (unpaired) electrons. The predicted molar refractivity (Wildman–Crippen MR) is 106 cm³/mol. The average molecular weight is 389 g/mol. The molecule has 1 aromatic heterocycles. The highest BCUT2D eigenvalue weighted by Gasteiger charge is 2.18. The zero-order chi connectivity index (χ0) is 17.1. The van der Waals surface area contributed by atoms with Gasteiger partial charge in [-0.05, 0) is 44.0 Å². The molecule has 1 heterocycles. The van der Waals surface area contributed by atoms with Crippen LogP contribution in [0.5, 0.6) is 5.75 Å². The Morgan fingerprint density at radius 3 is 2.48 bits per heavy atom. The number of halogens is 2. The molecule has 140 valence electrons. The number of hydrogen-bond acceptors (Lipinski definition) is 4. The molecule has 0 saturated carbocycles. The summed E-state index contributed by atoms with van der Waals surface area (Å²) < 4.78 is 6.96. The van der Waals surface area contributed by atoms with Gasteiger partial charge in [0.15, 0.2) is 0 Å². The maximum atomic E-state index is 12.4. The van der Waals surface area contributed by atoms with Gasteiger partial charge in [0.05, 0.1) is 18.5 Å². The van der Waals surface area contributed by atoms with Gasteiger partial charge in [-0.2, -0.15) is 5.10 Å². The van der Waals surface area contributed by atoms with E-state index in [4.69, 9.17) is 10.5 Å². The summed E-state index contributed by atoms with van der Waals surface area (Å²) in [5.74, 6) is 0.384. The fourth-order valence-corrected chi connectivity index (χ4v) is 2.59. The first kappa shape index (κ1) is 23.1. The summed E-state index contributed by atoms with van der Waals surface area (Å²) >= 11 is 0. The minimum absolute atomic E-state index is 0. The summed E-state index contributed by atoms with van der Waals surface area (Å²) in [6.45, 7) is 5.90. The van der Waals surface area contributed by atoms with E-state index in [1.807, 2.05) is 32.5 Å². The van der Waals surface area contributed by atoms with Crippen LogP contribution in [0.1, 0.15) is 23.9 Å². The molecular weight excluding hydrogens is 363 g/mol. The van der Waals surface area contributed by atoms with Crippen molar-refractivity contribution < 1.29 is 9.53 Å². The van der Waals surface area contributed by atoms with Gasteiger partial charge in [0.2, 0.25) is 5.91 Å². The van der Waals surface area contributed by atoms with Gasteiger partial charge in [0.1, 0.15) is 5.75 Å². The van der Waals surface area contributed by atoms with E-state index < -0.39 is 0 Å². The van der Waals surface area contributed by atoms with Crippen molar-refractivity contribution in [1.29, 1.82) is 0 Å². The minimum atomic E-state index is -0.167. The van der Waals surface area contributed by atoms with Crippen molar-refractivity contribution in [2.24, 2.45) is 13.0 Å². The van der Waals surface area contributed by atoms with Crippen molar-refractivity contribution in [2.45, 2.75) is 27.2 Å². The number of aryl methyl sites for hydroxylation is 2. The molecule has 0 saturated heterocycles. The number of aromatic nitrogens is 2. The number of amides is 1. The summed E-state index contributed by atoms with van der Waals surface area (Å²) in [5, 5.41) is 7.29. The molecule has 1 unspecified atom stereocenters. The number of ether oxygens (including phenoxy) is 1. The van der Waals surface area contributed by atoms with E-state index in [-0.39, 0.29) is 36.6 Å². The number of nitrogens with zero attached hydrogens (tertiary/aromatic N) is 2. The number of methoxy groups -OCH3 is 1. The Labute approximate surface area is 160 Å². The summed E-state index contributed by atoms with van der Waals surface area (Å²) in [6.07, 6.45) is 0.656. The Hall–Kier alpha value is -1.92. The molecule has 0 aliphatic rings. The van der Waals surface area contributed by atoms with E-state index in [1.54, 1.807) is 25.3 Å². The Kier molecular flexibility index (Phi) is 8.80. The zero-order valence-electron chi connectivity index (χ0n) is 15.1. The van der Waals surface area contributed by atoms with Crippen molar-refractivity contribution in [1.82, 2.24) is 9.78 Å². The standard InChI is InChI=1S/C17H24N4O2.2ClH/c1-10(8-14-11(2)20-21(4)12(14)3)17(22)19-13-6-7-16(23-5)15(18)9-13;;/h6-7,9-10H,8,18H2,1-5H3,(H,19,22);2*1H. The smallest absolute Gasteiger partial charge is 0.227 e. The normalized spacial score (nSPS) is 11.1. The third kappa shape index (κ3) is 5.28. The van der Waals surface area contributed by atoms with Crippen LogP contribution in [0, 0.1) is 19.8 Å². The highest BCUT2D eigenvalue weighted by Crippen LogP contribution is 2.25. The van der Waals surface area contributed by atoms with E-state index >= 15 is 0 Å². The number of carbonyl (C=O) groups is 1. The maximum Gasteiger partial charge on any atom is 0.227 e. The van der Waals surface area contributed by atoms with Crippen LogP contribution in [0.15, 0.2) is 18.2 Å². The Morgan fingerprint density at radius 1 is 1.36 bits per heavy atom. The van der Waals surface area contributed by atoms with E-state index in [1.165, 1.54) is 0 Å². The third-order valence-corrected chi connectivity index (χ3v) is 4.11. The first-order valence-electron chi connectivity index (χ1n) is 7.57. The summed E-state index contributed by atoms with van der Waals surface area (Å²) in [5.41, 5.74) is 10.2. The van der Waals surface area contributed by atoms with Crippen LogP contribution in [-0.2, 0) is 18.3 Å². The van der Waals surface area contributed by atoms with Crippen molar-refractivity contribution in [2.75, 3.05) is 18.2 Å². The van der Waals surface area contributed by atoms with Crippen LogP contribution in [0.4, 0.5) is 11.4 Å². The molecule has 3 N–H and O–H groups in total. The molecule has 6 nitrogen and oxygen atoms in total. The number of anilines is 2. The van der Waals surface area contributed by atoms with Crippen molar-refractivity contribution in [3.05, 3.63) is 35.2 Å². The molecule has 2 aromatic rings. The van der Waals surface area contributed by atoms with Crippen LogP contribution in [0.3, 0.4) is 0 Å². The fraction of sp³-hybridized carbons (Fsp3) is 0.412. The number of nitrogens with two attached hydrogens (primary N) is 1. The van der Waals surface area contributed by atoms with Gasteiger partial charge in [-0.3, -0.25) is 9.48 Å². The van der Waals surface area contributed by atoms with Crippen molar-refractivity contribution in [3.8, 4) is 5.75 Å². The van der Waals surface area contributed by atoms with Gasteiger partial charge in [0, 0.05) is 24.3 Å². The third-order valence-electron chi connectivity index (χ3n) is 4.11. The van der Waals surface area contributed by atoms with Gasteiger partial charge in [0.25, 0.3) is 0 Å². The maximum absolute atomic E-state index is 12.4. The Bertz CT molecular complexity index is 732. The second kappa shape index (κ2) is 9.53.